The number of hydrogen-bond acceptors (Lipinski definition) is 13. The first kappa shape index (κ1) is 49.9. The van der Waals surface area contributed by atoms with Crippen molar-refractivity contribution in [2.45, 2.75) is 77.7 Å². The molecule has 66 heavy (non-hydrogen) atoms. The van der Waals surface area contributed by atoms with Crippen molar-refractivity contribution in [2.24, 2.45) is 17.2 Å². The smallest absolute Gasteiger partial charge is 0.254 e. The van der Waals surface area contributed by atoms with Gasteiger partial charge in [-0.25, -0.2) is 0 Å². The van der Waals surface area contributed by atoms with E-state index in [1.807, 2.05) is 44.2 Å². The Morgan fingerprint density at radius 3 is 2.15 bits per heavy atom. The van der Waals surface area contributed by atoms with Crippen LogP contribution in [0.5, 0.6) is 17.2 Å². The summed E-state index contributed by atoms with van der Waals surface area (Å²) in [6.07, 6.45) is 0.0297. The zero-order chi connectivity index (χ0) is 48.1. The number of nitrogens with one attached hydrogen (secondary N) is 4. The molecule has 10 N–H and O–H groups in total. The molecule has 4 bridgehead atoms. The van der Waals surface area contributed by atoms with Gasteiger partial charge in [0.2, 0.25) is 23.6 Å². The van der Waals surface area contributed by atoms with Crippen molar-refractivity contribution in [2.75, 3.05) is 46.4 Å². The molecular formula is C48H60N10O8. The summed E-state index contributed by atoms with van der Waals surface area (Å²) in [6, 6.07) is 16.4. The topological polar surface area (TPSA) is 279 Å². The maximum atomic E-state index is 14.7. The van der Waals surface area contributed by atoms with Gasteiger partial charge in [-0.05, 0) is 119 Å². The van der Waals surface area contributed by atoms with Crippen LogP contribution in [0.15, 0.2) is 66.7 Å². The van der Waals surface area contributed by atoms with E-state index >= 15 is 0 Å². The van der Waals surface area contributed by atoms with Gasteiger partial charge in [-0.15, -0.1) is 0 Å². The van der Waals surface area contributed by atoms with Gasteiger partial charge in [0.15, 0.2) is 0 Å². The monoisotopic (exact) mass is 904 g/mol. The molecule has 5 rings (SSSR count). The van der Waals surface area contributed by atoms with Crippen molar-refractivity contribution < 1.29 is 38.2 Å². The number of aryl methyl sites for hydroxylation is 2. The normalized spacial score (nSPS) is 16.4. The van der Waals surface area contributed by atoms with E-state index in [-0.39, 0.29) is 63.9 Å². The molecule has 1 aliphatic heterocycles. The standard InChI is InChI=1S/C48H60N10O8/c1-27(2)66-34-11-8-32(9-12-34)38-23-28(3)42(29(4)54-38)46(61)56-37(15-16-49)48(63)58(6)43-33-10-14-41(65-22-19-52)36(26-33)35-24-31(7-13-40(35)64-21-18-51)25-39(45(60)53-20-17-50)57-44(59)30(5)55-47(43)62/h7-14,23-24,26-27,30,37,39,43H,15-16,18-22,25,49,51-52H2,1-6H3,(H,53,60)(H,55,62)(H,56,61)(H,57,59)/t30-,37?,39-,43-/m0/s1. The van der Waals surface area contributed by atoms with Gasteiger partial charge in [-0.2, -0.15) is 5.26 Å². The molecule has 18 heteroatoms. The molecule has 0 aliphatic carbocycles. The predicted octanol–water partition coefficient (Wildman–Crippen LogP) is 2.33. The van der Waals surface area contributed by atoms with E-state index in [1.54, 1.807) is 56.3 Å². The minimum Gasteiger partial charge on any atom is -0.492 e. The van der Waals surface area contributed by atoms with E-state index in [9.17, 15) is 24.0 Å². The third-order valence-corrected chi connectivity index (χ3v) is 10.8. The largest absolute Gasteiger partial charge is 0.492 e. The van der Waals surface area contributed by atoms with Crippen molar-refractivity contribution in [3.63, 3.8) is 0 Å². The lowest BCUT2D eigenvalue weighted by Gasteiger charge is -2.32. The zero-order valence-corrected chi connectivity index (χ0v) is 38.2. The van der Waals surface area contributed by atoms with Crippen molar-refractivity contribution in [1.29, 1.82) is 5.26 Å². The second kappa shape index (κ2) is 23.2. The third kappa shape index (κ3) is 12.4. The molecular weight excluding hydrogens is 845 g/mol. The fourth-order valence-corrected chi connectivity index (χ4v) is 7.66. The maximum Gasteiger partial charge on any atom is 0.254 e. The first-order valence-electron chi connectivity index (χ1n) is 21.8. The van der Waals surface area contributed by atoms with Crippen LogP contribution in [0, 0.1) is 25.2 Å². The molecule has 5 amide bonds. The molecule has 0 spiro atoms. The Hall–Kier alpha value is -7.07. The number of hydrogen-bond donors (Lipinski definition) is 7. The number of pyridine rings is 1. The average molecular weight is 905 g/mol. The van der Waals surface area contributed by atoms with Gasteiger partial charge in [0.25, 0.3) is 5.91 Å². The highest BCUT2D eigenvalue weighted by Gasteiger charge is 2.36. The van der Waals surface area contributed by atoms with Gasteiger partial charge in [-0.1, -0.05) is 12.1 Å². The van der Waals surface area contributed by atoms with Gasteiger partial charge in [0, 0.05) is 43.2 Å². The highest BCUT2D eigenvalue weighted by atomic mass is 16.5. The summed E-state index contributed by atoms with van der Waals surface area (Å²) in [5, 5.41) is 20.0. The van der Waals surface area contributed by atoms with E-state index < -0.39 is 53.7 Å². The number of nitrogens with two attached hydrogens (primary N) is 3. The van der Waals surface area contributed by atoms with Gasteiger partial charge in [-0.3, -0.25) is 29.0 Å². The van der Waals surface area contributed by atoms with Crippen molar-refractivity contribution in [3.8, 4) is 45.7 Å². The summed E-state index contributed by atoms with van der Waals surface area (Å²) in [4.78, 5) is 76.5. The van der Waals surface area contributed by atoms with Crippen molar-refractivity contribution in [1.82, 2.24) is 31.2 Å². The van der Waals surface area contributed by atoms with Crippen molar-refractivity contribution in [3.05, 3.63) is 94.7 Å². The molecule has 0 saturated heterocycles. The quantitative estimate of drug-likeness (QED) is 0.0751. The van der Waals surface area contributed by atoms with Gasteiger partial charge < -0.3 is 57.6 Å². The number of ether oxygens (including phenoxy) is 3. The number of benzene rings is 3. The van der Waals surface area contributed by atoms with E-state index in [4.69, 9.17) is 41.7 Å². The Morgan fingerprint density at radius 1 is 0.894 bits per heavy atom. The molecule has 18 nitrogen and oxygen atoms in total. The molecule has 0 radical (unpaired) electrons. The lowest BCUT2D eigenvalue weighted by atomic mass is 9.93. The Labute approximate surface area is 384 Å². The summed E-state index contributed by atoms with van der Waals surface area (Å²) >= 11 is 0. The maximum absolute atomic E-state index is 14.7. The molecule has 4 aromatic rings. The van der Waals surface area contributed by atoms with E-state index in [0.29, 0.717) is 50.7 Å². The van der Waals surface area contributed by atoms with Crippen LogP contribution >= 0.6 is 0 Å². The Kier molecular flexibility index (Phi) is 17.6. The van der Waals surface area contributed by atoms with Crippen LogP contribution in [-0.2, 0) is 25.6 Å². The van der Waals surface area contributed by atoms with Crippen LogP contribution in [0.1, 0.15) is 66.0 Å². The highest BCUT2D eigenvalue weighted by molar-refractivity contribution is 6.01. The number of carbonyl (C=O) groups excluding carboxylic acids is 5. The molecule has 4 atom stereocenters. The predicted molar refractivity (Wildman–Crippen MR) is 248 cm³/mol. The number of amides is 5. The number of nitrogens with zero attached hydrogens (tertiary/aromatic N) is 3. The average Bonchev–Trinajstić information content (AvgIpc) is 3.28. The summed E-state index contributed by atoms with van der Waals surface area (Å²) < 4.78 is 18.0. The minimum atomic E-state index is -1.40. The minimum absolute atomic E-state index is 0.00206. The molecule has 1 unspecified atom stereocenters. The molecule has 2 heterocycles. The third-order valence-electron chi connectivity index (χ3n) is 10.8. The number of rotatable bonds is 17. The Morgan fingerprint density at radius 2 is 1.55 bits per heavy atom. The molecule has 1 aliphatic rings. The molecule has 0 fully saturated rings. The zero-order valence-electron chi connectivity index (χ0n) is 38.2. The van der Waals surface area contributed by atoms with Crippen molar-refractivity contribution >= 4 is 29.5 Å². The van der Waals surface area contributed by atoms with Gasteiger partial charge in [0.1, 0.15) is 61.2 Å². The van der Waals surface area contributed by atoms with Crippen LogP contribution in [0.4, 0.5) is 0 Å². The van der Waals surface area contributed by atoms with E-state index in [2.05, 4.69) is 21.3 Å². The summed E-state index contributed by atoms with van der Waals surface area (Å²) in [5.74, 6) is -1.79. The van der Waals surface area contributed by atoms with Gasteiger partial charge >= 0.3 is 0 Å². The highest BCUT2D eigenvalue weighted by Crippen LogP contribution is 2.40. The SMILES string of the molecule is Cc1cc(-c2ccc(OC(C)C)cc2)nc(C)c1C(=O)NC(CCN)C(=O)N(C)[C@@H]1C(=O)N[C@@H](C)C(=O)N[C@H](C(=O)NCC#N)Cc2ccc(OCCN)c(c2)-c2cc1ccc2OCCN. The summed E-state index contributed by atoms with van der Waals surface area (Å²) in [5.41, 5.74) is 22.4. The van der Waals surface area contributed by atoms with Crippen LogP contribution < -0.4 is 52.7 Å². The Bertz CT molecular complexity index is 2410. The fourth-order valence-electron chi connectivity index (χ4n) is 7.66. The Balaban J connectivity index is 1.56. The first-order valence-corrected chi connectivity index (χ1v) is 21.8. The molecule has 3 aromatic carbocycles. The lowest BCUT2D eigenvalue weighted by Crippen LogP contribution is -2.56. The lowest BCUT2D eigenvalue weighted by molar-refractivity contribution is -0.141. The number of fused-ring (bicyclic) bond motifs is 5. The second-order valence-electron chi connectivity index (χ2n) is 16.2. The van der Waals surface area contributed by atoms with Crippen LogP contribution in [0.25, 0.3) is 22.4 Å². The second-order valence-corrected chi connectivity index (χ2v) is 16.2. The first-order chi connectivity index (χ1) is 31.6. The van der Waals surface area contributed by atoms with Crippen LogP contribution in [0.2, 0.25) is 0 Å². The molecule has 1 aromatic heterocycles. The summed E-state index contributed by atoms with van der Waals surface area (Å²) in [7, 11) is 1.42. The fraction of sp³-hybridized carbons (Fsp3) is 0.396. The van der Waals surface area contributed by atoms with E-state index in [1.165, 1.54) is 18.9 Å². The van der Waals surface area contributed by atoms with Gasteiger partial charge in [0.05, 0.1) is 29.1 Å². The number of nitriles is 1. The molecule has 350 valence electrons. The van der Waals surface area contributed by atoms with E-state index in [0.717, 1.165) is 11.3 Å². The number of likely N-dealkylation sites (N-methyl/N-ethyl adjacent to an activating group) is 1. The summed E-state index contributed by atoms with van der Waals surface area (Å²) in [6.45, 7) is 9.21. The number of carbonyl (C=O) groups is 5. The van der Waals surface area contributed by atoms with Crippen LogP contribution in [-0.4, -0.2) is 110 Å². The van der Waals surface area contributed by atoms with Crippen LogP contribution in [0.3, 0.4) is 0 Å². The number of aromatic nitrogens is 1. The molecule has 0 saturated carbocycles.